The number of halogens is 1. The molecule has 0 aliphatic rings. The first-order chi connectivity index (χ1) is 13.0. The average Bonchev–Trinajstić information content (AvgIpc) is 3.08. The number of carbonyl (C=O) groups excluding carboxylic acids is 1. The number of carbonyl (C=O) groups is 1. The van der Waals surface area contributed by atoms with Crippen LogP contribution >= 0.6 is 11.6 Å². The Bertz CT molecular complexity index is 1020. The van der Waals surface area contributed by atoms with Gasteiger partial charge >= 0.3 is 0 Å². The number of ether oxygens (including phenoxy) is 1. The normalized spacial score (nSPS) is 11.4. The molecule has 3 aromatic rings. The van der Waals surface area contributed by atoms with Crippen molar-refractivity contribution in [1.29, 1.82) is 0 Å². The number of hydrogen-bond donors (Lipinski definition) is 1. The lowest BCUT2D eigenvalue weighted by Gasteiger charge is -2.10. The number of methoxy groups -OCH3 is 1. The summed E-state index contributed by atoms with van der Waals surface area (Å²) in [4.78, 5) is 12.0. The molecule has 27 heavy (non-hydrogen) atoms. The Balaban J connectivity index is 2.08. The van der Waals surface area contributed by atoms with E-state index in [9.17, 15) is 4.79 Å². The highest BCUT2D eigenvalue weighted by Crippen LogP contribution is 2.37. The van der Waals surface area contributed by atoms with Crippen molar-refractivity contribution in [3.05, 3.63) is 72.0 Å². The lowest BCUT2D eigenvalue weighted by atomic mass is 9.99. The minimum Gasteiger partial charge on any atom is -0.496 e. The largest absolute Gasteiger partial charge is 0.496 e. The number of hydrogen-bond acceptors (Lipinski definition) is 3. The number of rotatable bonds is 6. The predicted octanol–water partition coefficient (Wildman–Crippen LogP) is 5.47. The van der Waals surface area contributed by atoms with Gasteiger partial charge in [-0.05, 0) is 36.3 Å². The van der Waals surface area contributed by atoms with E-state index in [0.29, 0.717) is 22.9 Å². The molecule has 2 aromatic carbocycles. The molecule has 0 saturated heterocycles. The molecule has 0 spiro atoms. The van der Waals surface area contributed by atoms with Gasteiger partial charge in [0.15, 0.2) is 0 Å². The summed E-state index contributed by atoms with van der Waals surface area (Å²) in [5.41, 5.74) is 4.28. The van der Waals surface area contributed by atoms with Crippen LogP contribution in [0.3, 0.4) is 0 Å². The summed E-state index contributed by atoms with van der Waals surface area (Å²) in [6.07, 6.45) is 4.90. The molecular formula is C22H20ClNO3. The molecular weight excluding hydrogens is 362 g/mol. The molecule has 1 heterocycles. The zero-order valence-corrected chi connectivity index (χ0v) is 16.0. The molecule has 1 amide bonds. The second-order valence-corrected chi connectivity index (χ2v) is 6.50. The summed E-state index contributed by atoms with van der Waals surface area (Å²) in [7, 11) is 1.60. The van der Waals surface area contributed by atoms with E-state index in [0.717, 1.165) is 27.6 Å². The predicted molar refractivity (Wildman–Crippen MR) is 110 cm³/mol. The molecule has 5 heteroatoms. The van der Waals surface area contributed by atoms with Crippen LogP contribution < -0.4 is 10.1 Å². The van der Waals surface area contributed by atoms with E-state index in [4.69, 9.17) is 20.8 Å². The van der Waals surface area contributed by atoms with Gasteiger partial charge in [-0.3, -0.25) is 4.79 Å². The maximum Gasteiger partial charge on any atom is 0.244 e. The van der Waals surface area contributed by atoms with Crippen LogP contribution in [0.15, 0.2) is 65.8 Å². The molecule has 0 fully saturated rings. The highest BCUT2D eigenvalue weighted by molar-refractivity contribution is 6.30. The minimum atomic E-state index is -0.181. The maximum absolute atomic E-state index is 12.0. The minimum absolute atomic E-state index is 0.181. The Morgan fingerprint density at radius 3 is 2.70 bits per heavy atom. The fourth-order valence-electron chi connectivity index (χ4n) is 2.88. The van der Waals surface area contributed by atoms with Crippen LogP contribution in [-0.4, -0.2) is 19.6 Å². The molecule has 0 atom stereocenters. The fourth-order valence-corrected chi connectivity index (χ4v) is 3.01. The molecule has 0 bridgehead atoms. The van der Waals surface area contributed by atoms with E-state index in [-0.39, 0.29) is 5.91 Å². The van der Waals surface area contributed by atoms with Crippen LogP contribution in [0.5, 0.6) is 5.75 Å². The van der Waals surface area contributed by atoms with E-state index in [1.165, 1.54) is 0 Å². The monoisotopic (exact) mass is 381 g/mol. The van der Waals surface area contributed by atoms with Gasteiger partial charge in [0.1, 0.15) is 11.3 Å². The Hall–Kier alpha value is -2.98. The number of fused-ring (bicyclic) bond motifs is 1. The molecule has 0 aliphatic heterocycles. The molecule has 0 unspecified atom stereocenters. The van der Waals surface area contributed by atoms with Crippen LogP contribution in [-0.2, 0) is 4.79 Å². The van der Waals surface area contributed by atoms with Gasteiger partial charge in [-0.15, -0.1) is 6.58 Å². The van der Waals surface area contributed by atoms with Crippen LogP contribution in [0.1, 0.15) is 12.5 Å². The summed E-state index contributed by atoms with van der Waals surface area (Å²) in [6, 6.07) is 11.4. The standard InChI is InChI=1S/C22H20ClNO3/c1-4-9-24-22(25)10-14(2)17-11-18-19(15-5-7-16(23)8-6-15)13-27-21(18)12-20(17)26-3/h4-8,10-13H,1,9H2,2-3H3,(H,24,25)/b14-10+. The van der Waals surface area contributed by atoms with E-state index >= 15 is 0 Å². The van der Waals surface area contributed by atoms with Crippen molar-refractivity contribution < 1.29 is 13.9 Å². The highest BCUT2D eigenvalue weighted by atomic mass is 35.5. The summed E-state index contributed by atoms with van der Waals surface area (Å²) in [5, 5.41) is 4.36. The smallest absolute Gasteiger partial charge is 0.244 e. The molecule has 0 radical (unpaired) electrons. The van der Waals surface area contributed by atoms with Crippen LogP contribution in [0, 0.1) is 0 Å². The van der Waals surface area contributed by atoms with E-state index in [1.54, 1.807) is 25.5 Å². The average molecular weight is 382 g/mol. The molecule has 3 rings (SSSR count). The molecule has 1 aromatic heterocycles. The molecule has 4 nitrogen and oxygen atoms in total. The van der Waals surface area contributed by atoms with E-state index in [1.807, 2.05) is 43.3 Å². The third-order valence-corrected chi connectivity index (χ3v) is 4.50. The quantitative estimate of drug-likeness (QED) is 0.455. The zero-order valence-electron chi connectivity index (χ0n) is 15.2. The lowest BCUT2D eigenvalue weighted by Crippen LogP contribution is -2.20. The van der Waals surface area contributed by atoms with Crippen molar-refractivity contribution >= 4 is 34.1 Å². The first-order valence-electron chi connectivity index (χ1n) is 8.46. The molecule has 0 aliphatic carbocycles. The van der Waals surface area contributed by atoms with Crippen molar-refractivity contribution in [3.8, 4) is 16.9 Å². The lowest BCUT2D eigenvalue weighted by molar-refractivity contribution is -0.116. The van der Waals surface area contributed by atoms with Gasteiger partial charge < -0.3 is 14.5 Å². The van der Waals surface area contributed by atoms with E-state index < -0.39 is 0 Å². The van der Waals surface area contributed by atoms with Crippen molar-refractivity contribution in [2.45, 2.75) is 6.92 Å². The second-order valence-electron chi connectivity index (χ2n) is 6.07. The molecule has 138 valence electrons. The Kier molecular flexibility index (Phi) is 5.67. The second kappa shape index (κ2) is 8.14. The first kappa shape index (κ1) is 18.8. The van der Waals surface area contributed by atoms with E-state index in [2.05, 4.69) is 11.9 Å². The maximum atomic E-state index is 12.0. The summed E-state index contributed by atoms with van der Waals surface area (Å²) < 4.78 is 11.2. The third-order valence-electron chi connectivity index (χ3n) is 4.24. The van der Waals surface area contributed by atoms with Gasteiger partial charge in [0.05, 0.1) is 13.4 Å². The number of furan rings is 1. The first-order valence-corrected chi connectivity index (χ1v) is 8.84. The van der Waals surface area contributed by atoms with Gasteiger partial charge in [0, 0.05) is 40.2 Å². The van der Waals surface area contributed by atoms with Gasteiger partial charge in [-0.2, -0.15) is 0 Å². The zero-order chi connectivity index (χ0) is 19.4. The third kappa shape index (κ3) is 4.07. The van der Waals surface area contributed by atoms with Crippen molar-refractivity contribution in [2.75, 3.05) is 13.7 Å². The van der Waals surface area contributed by atoms with Gasteiger partial charge in [-0.25, -0.2) is 0 Å². The van der Waals surface area contributed by atoms with Crippen molar-refractivity contribution in [1.82, 2.24) is 5.32 Å². The molecule has 1 N–H and O–H groups in total. The van der Waals surface area contributed by atoms with Gasteiger partial charge in [0.25, 0.3) is 0 Å². The van der Waals surface area contributed by atoms with Crippen LogP contribution in [0.2, 0.25) is 5.02 Å². The summed E-state index contributed by atoms with van der Waals surface area (Å²) in [5.74, 6) is 0.462. The van der Waals surface area contributed by atoms with Crippen molar-refractivity contribution in [3.63, 3.8) is 0 Å². The SMILES string of the molecule is C=CCNC(=O)/C=C(\C)c1cc2c(-c3ccc(Cl)cc3)coc2cc1OC. The number of allylic oxidation sites excluding steroid dienone is 1. The summed E-state index contributed by atoms with van der Waals surface area (Å²) >= 11 is 5.99. The van der Waals surface area contributed by atoms with Crippen LogP contribution in [0.25, 0.3) is 27.7 Å². The number of benzene rings is 2. The van der Waals surface area contributed by atoms with Gasteiger partial charge in [-0.1, -0.05) is 29.8 Å². The highest BCUT2D eigenvalue weighted by Gasteiger charge is 2.15. The summed E-state index contributed by atoms with van der Waals surface area (Å²) in [6.45, 7) is 5.89. The Labute approximate surface area is 163 Å². The Morgan fingerprint density at radius 1 is 1.30 bits per heavy atom. The van der Waals surface area contributed by atoms with Crippen LogP contribution in [0.4, 0.5) is 0 Å². The number of nitrogens with one attached hydrogen (secondary N) is 1. The van der Waals surface area contributed by atoms with Gasteiger partial charge in [0.2, 0.25) is 5.91 Å². The number of amides is 1. The Morgan fingerprint density at radius 2 is 2.04 bits per heavy atom. The van der Waals surface area contributed by atoms with Crippen molar-refractivity contribution in [2.24, 2.45) is 0 Å². The topological polar surface area (TPSA) is 51.5 Å². The fraction of sp³-hybridized carbons (Fsp3) is 0.136. The molecule has 0 saturated carbocycles.